The first-order valence-corrected chi connectivity index (χ1v) is 42.9. The maximum Gasteiger partial charge on any atom is -0.0102 e. The molecule has 0 radical (unpaired) electrons. The molecule has 14 rings (SSSR count). The Balaban J connectivity index is 0.000000165. The lowest BCUT2D eigenvalue weighted by Crippen LogP contribution is -2.00. The molecule has 0 heterocycles. The lowest BCUT2D eigenvalue weighted by Gasteiger charge is -2.19. The highest BCUT2D eigenvalue weighted by atomic mass is 14.2. The van der Waals surface area contributed by atoms with Gasteiger partial charge in [-0.3, -0.25) is 0 Å². The molecule has 0 aromatic heterocycles. The largest absolute Gasteiger partial charge is 0.0620 e. The summed E-state index contributed by atoms with van der Waals surface area (Å²) in [6.45, 7) is 63.6. The Morgan fingerprint density at radius 1 is 0.125 bits per heavy atom. The van der Waals surface area contributed by atoms with Crippen LogP contribution in [0.25, 0.3) is 75.4 Å². The molecule has 0 spiro atoms. The molecule has 588 valence electrons. The highest BCUT2D eigenvalue weighted by Gasteiger charge is 2.19. The normalized spacial score (nSPS) is 11.6. The van der Waals surface area contributed by atoms with Crippen molar-refractivity contribution in [3.8, 4) is 0 Å². The van der Waals surface area contributed by atoms with Gasteiger partial charge in [0.1, 0.15) is 0 Å². The molecule has 0 amide bonds. The minimum Gasteiger partial charge on any atom is -0.0620 e. The van der Waals surface area contributed by atoms with Crippen molar-refractivity contribution in [3.05, 3.63) is 333 Å². The third kappa shape index (κ3) is 22.4. The van der Waals surface area contributed by atoms with E-state index in [-0.39, 0.29) is 0 Å². The first-order valence-electron chi connectivity index (χ1n) is 42.9. The maximum atomic E-state index is 2.41. The van der Waals surface area contributed by atoms with Crippen molar-refractivity contribution in [2.24, 2.45) is 0 Å². The maximum absolute atomic E-state index is 2.41. The Bertz CT molecular complexity index is 5060. The molecule has 0 aliphatic heterocycles. The second-order valence-corrected chi connectivity index (χ2v) is 35.8. The zero-order valence-electron chi connectivity index (χ0n) is 74.3. The van der Waals surface area contributed by atoms with Crippen molar-refractivity contribution in [2.45, 2.75) is 277 Å². The van der Waals surface area contributed by atoms with Gasteiger partial charge in [-0.25, -0.2) is 0 Å². The summed E-state index contributed by atoms with van der Waals surface area (Å²) >= 11 is 0. The molecular weight excluding hydrogens is 1350 g/mol. The van der Waals surface area contributed by atoms with Crippen molar-refractivity contribution in [2.75, 3.05) is 0 Å². The molecule has 0 fully saturated rings. The standard InChI is InChI=1S/2C20H22.3C16H20.2C12H18/c1-13(2)18-11-16-10-9-15-7-5-6-8-17(15)20(16)12-19(18)14(3)4;1-13(2)16-11-12-18-17-8-6-5-7-15(17)9-10-19(18)20(16)14(3)4;1-11(2)15-9-13-7-5-6-8-14(13)10-16(15)12(3)4;2*1-11(2)14-10-9-13-7-5-6-8-15(13)16(14)12(3)4;1-9(2)11-6-5-7-12(8-11)10(3)4;1-9(2)11-7-5-6-8-12(11)10(3)4/h2*5-14H,1-4H3;3*5-12H,1-4H3;2*5-10H,1-4H3. The topological polar surface area (TPSA) is 0 Å². The first-order chi connectivity index (χ1) is 53.2. The van der Waals surface area contributed by atoms with Gasteiger partial charge in [-0.15, -0.1) is 0 Å². The van der Waals surface area contributed by atoms with Crippen LogP contribution in [0.15, 0.2) is 255 Å². The van der Waals surface area contributed by atoms with Gasteiger partial charge in [-0.2, -0.15) is 0 Å². The molecule has 14 aromatic carbocycles. The molecule has 0 nitrogen and oxygen atoms in total. The molecule has 112 heavy (non-hydrogen) atoms. The van der Waals surface area contributed by atoms with E-state index in [4.69, 9.17) is 0 Å². The summed E-state index contributed by atoms with van der Waals surface area (Å²) in [5.74, 6) is 8.40. The quantitative estimate of drug-likeness (QED) is 0.0952. The number of benzene rings is 14. The third-order valence-electron chi connectivity index (χ3n) is 22.5. The lowest BCUT2D eigenvalue weighted by atomic mass is 9.85. The van der Waals surface area contributed by atoms with Gasteiger partial charge in [0.25, 0.3) is 0 Å². The van der Waals surface area contributed by atoms with Crippen LogP contribution in [0.1, 0.15) is 355 Å². The Hall–Kier alpha value is -9.10. The summed E-state index contributed by atoms with van der Waals surface area (Å²) in [7, 11) is 0. The van der Waals surface area contributed by atoms with Crippen LogP contribution >= 0.6 is 0 Å². The summed E-state index contributed by atoms with van der Waals surface area (Å²) in [6, 6.07) is 93.2. The monoisotopic (exact) mass is 1490 g/mol. The fourth-order valence-corrected chi connectivity index (χ4v) is 16.4. The van der Waals surface area contributed by atoms with Crippen LogP contribution in [-0.4, -0.2) is 0 Å². The van der Waals surface area contributed by atoms with E-state index in [9.17, 15) is 0 Å². The second-order valence-electron chi connectivity index (χ2n) is 35.8. The van der Waals surface area contributed by atoms with E-state index in [2.05, 4.69) is 449 Å². The minimum absolute atomic E-state index is 0.553. The lowest BCUT2D eigenvalue weighted by molar-refractivity contribution is 0.790. The highest BCUT2D eigenvalue weighted by Crippen LogP contribution is 2.40. The predicted molar refractivity (Wildman–Crippen MR) is 505 cm³/mol. The summed E-state index contributed by atoms with van der Waals surface area (Å²) < 4.78 is 0. The van der Waals surface area contributed by atoms with E-state index in [1.165, 1.54) is 153 Å². The first kappa shape index (κ1) is 88.5. The van der Waals surface area contributed by atoms with Crippen LogP contribution in [0.5, 0.6) is 0 Å². The molecule has 0 aliphatic rings. The third-order valence-corrected chi connectivity index (χ3v) is 22.5. The summed E-state index contributed by atoms with van der Waals surface area (Å²) in [5, 5.41) is 19.2. The van der Waals surface area contributed by atoms with E-state index >= 15 is 0 Å². The van der Waals surface area contributed by atoms with Gasteiger partial charge in [-0.1, -0.05) is 443 Å². The fourth-order valence-electron chi connectivity index (χ4n) is 16.4. The molecule has 0 unspecified atom stereocenters. The molecule has 0 atom stereocenters. The highest BCUT2D eigenvalue weighted by molar-refractivity contribution is 6.09. The van der Waals surface area contributed by atoms with Crippen LogP contribution < -0.4 is 0 Å². The molecule has 0 saturated heterocycles. The van der Waals surface area contributed by atoms with Crippen molar-refractivity contribution < 1.29 is 0 Å². The molecule has 14 aromatic rings. The van der Waals surface area contributed by atoms with Crippen molar-refractivity contribution >= 4 is 75.4 Å². The average Bonchev–Trinajstić information content (AvgIpc) is 0.773. The Morgan fingerprint density at radius 3 is 0.723 bits per heavy atom. The number of hydrogen-bond acceptors (Lipinski definition) is 0. The smallest absolute Gasteiger partial charge is 0.0102 e. The van der Waals surface area contributed by atoms with E-state index in [1.54, 1.807) is 0 Å². The van der Waals surface area contributed by atoms with Gasteiger partial charge in [0, 0.05) is 0 Å². The van der Waals surface area contributed by atoms with Crippen LogP contribution in [0.4, 0.5) is 0 Å². The summed E-state index contributed by atoms with van der Waals surface area (Å²) in [4.78, 5) is 0. The fraction of sp³-hybridized carbons (Fsp3) is 0.375. The predicted octanol–water partition coefficient (Wildman–Crippen LogP) is 35.6. The summed E-state index contributed by atoms with van der Waals surface area (Å²) in [5.41, 5.74) is 20.9. The van der Waals surface area contributed by atoms with Gasteiger partial charge in [0.2, 0.25) is 0 Å². The summed E-state index contributed by atoms with van der Waals surface area (Å²) in [6.07, 6.45) is 0. The van der Waals surface area contributed by atoms with Crippen LogP contribution in [0, 0.1) is 0 Å². The molecule has 0 N–H and O–H groups in total. The van der Waals surface area contributed by atoms with Crippen molar-refractivity contribution in [1.29, 1.82) is 0 Å². The molecule has 0 aliphatic carbocycles. The Kier molecular flexibility index (Phi) is 32.5. The van der Waals surface area contributed by atoms with E-state index in [0.717, 1.165) is 0 Å². The number of rotatable bonds is 14. The van der Waals surface area contributed by atoms with Crippen LogP contribution in [0.2, 0.25) is 0 Å². The molecular formula is C112H140. The Labute approximate surface area is 680 Å². The SMILES string of the molecule is CC(C)c1cc2ccc3ccccc3c2cc1C(C)C.CC(C)c1cc2ccccc2cc1C(C)C.CC(C)c1ccc2c(ccc3ccccc32)c1C(C)C.CC(C)c1ccc2ccccc2c1C(C)C.CC(C)c1ccc2ccccc2c1C(C)C.CC(C)c1cccc(C(C)C)c1.CC(C)c1ccccc1C(C)C. The van der Waals surface area contributed by atoms with Gasteiger partial charge < -0.3 is 0 Å². The molecule has 0 saturated carbocycles. The van der Waals surface area contributed by atoms with Crippen molar-refractivity contribution in [1.82, 2.24) is 0 Å². The Morgan fingerprint density at radius 2 is 0.375 bits per heavy atom. The number of hydrogen-bond donors (Lipinski definition) is 0. The molecule has 0 heteroatoms. The van der Waals surface area contributed by atoms with E-state index < -0.39 is 0 Å². The van der Waals surface area contributed by atoms with E-state index in [0.29, 0.717) is 82.9 Å². The zero-order valence-corrected chi connectivity index (χ0v) is 74.3. The second kappa shape index (κ2) is 41.1. The van der Waals surface area contributed by atoms with Gasteiger partial charge in [-0.05, 0) is 242 Å². The van der Waals surface area contributed by atoms with Crippen molar-refractivity contribution in [3.63, 3.8) is 0 Å². The van der Waals surface area contributed by atoms with Gasteiger partial charge in [0.05, 0.1) is 0 Å². The zero-order chi connectivity index (χ0) is 81.9. The van der Waals surface area contributed by atoms with Gasteiger partial charge >= 0.3 is 0 Å². The number of fused-ring (bicyclic) bond motifs is 9. The van der Waals surface area contributed by atoms with E-state index in [1.807, 2.05) is 0 Å². The molecule has 0 bridgehead atoms. The van der Waals surface area contributed by atoms with Crippen LogP contribution in [0.3, 0.4) is 0 Å². The van der Waals surface area contributed by atoms with Crippen LogP contribution in [-0.2, 0) is 0 Å². The minimum atomic E-state index is 0.553. The van der Waals surface area contributed by atoms with Gasteiger partial charge in [0.15, 0.2) is 0 Å². The average molecular weight is 1490 g/mol.